The summed E-state index contributed by atoms with van der Waals surface area (Å²) in [7, 11) is 0. The summed E-state index contributed by atoms with van der Waals surface area (Å²) in [6.07, 6.45) is 1.64. The molecule has 1 unspecified atom stereocenters. The highest BCUT2D eigenvalue weighted by Crippen LogP contribution is 2.45. The molecule has 1 fully saturated rings. The van der Waals surface area contributed by atoms with E-state index in [4.69, 9.17) is 14.5 Å². The highest BCUT2D eigenvalue weighted by molar-refractivity contribution is 8.00. The van der Waals surface area contributed by atoms with Crippen LogP contribution in [0.25, 0.3) is 27.0 Å². The lowest BCUT2D eigenvalue weighted by atomic mass is 10.1. The van der Waals surface area contributed by atoms with Gasteiger partial charge in [-0.3, -0.25) is 9.69 Å². The summed E-state index contributed by atoms with van der Waals surface area (Å²) < 4.78 is 7.42. The van der Waals surface area contributed by atoms with Gasteiger partial charge in [0.1, 0.15) is 11.1 Å². The van der Waals surface area contributed by atoms with Crippen molar-refractivity contribution in [2.75, 3.05) is 10.7 Å². The second kappa shape index (κ2) is 7.40. The minimum absolute atomic E-state index is 0.0802. The van der Waals surface area contributed by atoms with Gasteiger partial charge >= 0.3 is 0 Å². The summed E-state index contributed by atoms with van der Waals surface area (Å²) in [5, 5.41) is 5.36. The smallest absolute Gasteiger partial charge is 0.238 e. The van der Waals surface area contributed by atoms with Crippen LogP contribution in [-0.4, -0.2) is 26.3 Å². The quantitative estimate of drug-likeness (QED) is 0.366. The number of carbonyl (C=O) groups is 1. The lowest BCUT2D eigenvalue weighted by molar-refractivity contribution is -0.115. The van der Waals surface area contributed by atoms with Crippen molar-refractivity contribution < 1.29 is 9.21 Å². The van der Waals surface area contributed by atoms with E-state index in [0.29, 0.717) is 11.5 Å². The molecule has 6 rings (SSSR count). The number of carbonyl (C=O) groups excluding carboxylic acids is 1. The summed E-state index contributed by atoms with van der Waals surface area (Å²) in [5.74, 6) is 1.20. The first-order valence-electron chi connectivity index (χ1n) is 9.77. The first-order chi connectivity index (χ1) is 15.3. The zero-order valence-corrected chi connectivity index (χ0v) is 17.8. The van der Waals surface area contributed by atoms with Gasteiger partial charge in [-0.25, -0.2) is 9.50 Å². The molecule has 6 nitrogen and oxygen atoms in total. The molecule has 0 aliphatic carbocycles. The predicted octanol–water partition coefficient (Wildman–Crippen LogP) is 5.50. The lowest BCUT2D eigenvalue weighted by Gasteiger charge is -2.24. The summed E-state index contributed by atoms with van der Waals surface area (Å²) >= 11 is 3.07. The van der Waals surface area contributed by atoms with Gasteiger partial charge in [0.15, 0.2) is 10.8 Å². The van der Waals surface area contributed by atoms with Gasteiger partial charge in [0, 0.05) is 11.3 Å². The van der Waals surface area contributed by atoms with E-state index < -0.39 is 0 Å². The van der Waals surface area contributed by atoms with Crippen LogP contribution in [0.15, 0.2) is 83.5 Å². The Morgan fingerprint density at radius 2 is 1.74 bits per heavy atom. The molecule has 1 aliphatic rings. The van der Waals surface area contributed by atoms with Crippen LogP contribution in [0.5, 0.6) is 0 Å². The van der Waals surface area contributed by atoms with Crippen LogP contribution in [0, 0.1) is 0 Å². The Morgan fingerprint density at radius 3 is 2.48 bits per heavy atom. The minimum Gasteiger partial charge on any atom is -0.462 e. The fraction of sp³-hybridized carbons (Fsp3) is 0.0870. The second-order valence-electron chi connectivity index (χ2n) is 7.05. The second-order valence-corrected chi connectivity index (χ2v) is 9.08. The molecule has 5 aromatic rings. The lowest BCUT2D eigenvalue weighted by Crippen LogP contribution is -2.28. The molecular weight excluding hydrogens is 428 g/mol. The maximum Gasteiger partial charge on any atom is 0.238 e. The fourth-order valence-electron chi connectivity index (χ4n) is 3.79. The average molecular weight is 445 g/mol. The number of amides is 1. The maximum absolute atomic E-state index is 12.9. The van der Waals surface area contributed by atoms with E-state index in [0.717, 1.165) is 32.6 Å². The molecule has 1 aliphatic heterocycles. The van der Waals surface area contributed by atoms with Crippen molar-refractivity contribution in [3.8, 4) is 22.0 Å². The third kappa shape index (κ3) is 3.07. The zero-order chi connectivity index (χ0) is 20.8. The molecule has 3 aromatic heterocycles. The van der Waals surface area contributed by atoms with Gasteiger partial charge in [0.25, 0.3) is 0 Å². The van der Waals surface area contributed by atoms with Gasteiger partial charge in [-0.05, 0) is 24.3 Å². The molecule has 1 atom stereocenters. The Kier molecular flexibility index (Phi) is 4.40. The molecule has 1 saturated heterocycles. The molecule has 152 valence electrons. The highest BCUT2D eigenvalue weighted by Gasteiger charge is 2.39. The fourth-order valence-corrected chi connectivity index (χ4v) is 5.86. The maximum atomic E-state index is 12.9. The van der Waals surface area contributed by atoms with Gasteiger partial charge in [-0.15, -0.1) is 11.8 Å². The number of hydrogen-bond donors (Lipinski definition) is 0. The Bertz CT molecular complexity index is 1360. The number of imidazole rings is 1. The minimum atomic E-state index is -0.230. The molecule has 0 bridgehead atoms. The number of hydrogen-bond acceptors (Lipinski definition) is 6. The van der Waals surface area contributed by atoms with Gasteiger partial charge < -0.3 is 4.42 Å². The van der Waals surface area contributed by atoms with Gasteiger partial charge in [-0.1, -0.05) is 59.9 Å². The number of aromatic nitrogens is 3. The molecule has 2 aromatic carbocycles. The van der Waals surface area contributed by atoms with Crippen molar-refractivity contribution in [2.45, 2.75) is 5.37 Å². The standard InChI is InChI=1S/C23H16N4O2S2/c28-18-14-30-22(26(18)16-10-5-2-6-11-16)20-19(15-8-3-1-4-9-15)24-23-27(20)25-21(31-23)17-12-7-13-29-17/h1-13,22H,14H2. The van der Waals surface area contributed by atoms with E-state index in [-0.39, 0.29) is 11.3 Å². The molecule has 0 spiro atoms. The number of para-hydroxylation sites is 1. The first-order valence-corrected chi connectivity index (χ1v) is 11.6. The van der Waals surface area contributed by atoms with Crippen LogP contribution in [0.3, 0.4) is 0 Å². The largest absolute Gasteiger partial charge is 0.462 e. The van der Waals surface area contributed by atoms with Crippen molar-refractivity contribution in [3.63, 3.8) is 0 Å². The van der Waals surface area contributed by atoms with Crippen LogP contribution in [0.2, 0.25) is 0 Å². The van der Waals surface area contributed by atoms with Gasteiger partial charge in [0.2, 0.25) is 10.9 Å². The molecule has 0 N–H and O–H groups in total. The van der Waals surface area contributed by atoms with Crippen molar-refractivity contribution in [1.82, 2.24) is 14.6 Å². The summed E-state index contributed by atoms with van der Waals surface area (Å²) in [6, 6.07) is 23.6. The van der Waals surface area contributed by atoms with Crippen LogP contribution in [-0.2, 0) is 4.79 Å². The van der Waals surface area contributed by atoms with Crippen molar-refractivity contribution in [1.29, 1.82) is 0 Å². The first kappa shape index (κ1) is 18.4. The number of rotatable bonds is 4. The van der Waals surface area contributed by atoms with Crippen LogP contribution >= 0.6 is 23.1 Å². The zero-order valence-electron chi connectivity index (χ0n) is 16.2. The van der Waals surface area contributed by atoms with Crippen LogP contribution < -0.4 is 4.90 Å². The normalized spacial score (nSPS) is 16.5. The monoisotopic (exact) mass is 444 g/mol. The van der Waals surface area contributed by atoms with E-state index in [9.17, 15) is 4.79 Å². The number of furan rings is 1. The molecule has 8 heteroatoms. The Morgan fingerprint density at radius 1 is 0.968 bits per heavy atom. The molecule has 31 heavy (non-hydrogen) atoms. The molecular formula is C23H16N4O2S2. The summed E-state index contributed by atoms with van der Waals surface area (Å²) in [5.41, 5.74) is 3.62. The SMILES string of the molecule is O=C1CSC(c2c(-c3ccccc3)nc3sc(-c4ccco4)nn23)N1c1ccccc1. The molecule has 0 saturated carbocycles. The number of benzene rings is 2. The van der Waals surface area contributed by atoms with E-state index in [1.165, 1.54) is 11.3 Å². The Labute approximate surface area is 186 Å². The third-order valence-corrected chi connectivity index (χ3v) is 7.24. The van der Waals surface area contributed by atoms with Crippen molar-refractivity contribution >= 4 is 39.7 Å². The molecule has 4 heterocycles. The number of anilines is 1. The number of fused-ring (bicyclic) bond motifs is 1. The Hall–Kier alpha value is -3.36. The topological polar surface area (TPSA) is 63.6 Å². The highest BCUT2D eigenvalue weighted by atomic mass is 32.2. The van der Waals surface area contributed by atoms with E-state index in [1.54, 1.807) is 18.0 Å². The van der Waals surface area contributed by atoms with E-state index in [1.807, 2.05) is 82.2 Å². The van der Waals surface area contributed by atoms with E-state index in [2.05, 4.69) is 0 Å². The summed E-state index contributed by atoms with van der Waals surface area (Å²) in [4.78, 5) is 20.5. The number of thioether (sulfide) groups is 1. The predicted molar refractivity (Wildman–Crippen MR) is 123 cm³/mol. The third-order valence-electron chi connectivity index (χ3n) is 5.15. The van der Waals surface area contributed by atoms with E-state index >= 15 is 0 Å². The van der Waals surface area contributed by atoms with Gasteiger partial charge in [-0.2, -0.15) is 5.10 Å². The van der Waals surface area contributed by atoms with Crippen molar-refractivity contribution in [3.05, 3.63) is 84.8 Å². The number of nitrogens with zero attached hydrogens (tertiary/aromatic N) is 4. The molecule has 0 radical (unpaired) electrons. The van der Waals surface area contributed by atoms with Crippen LogP contribution in [0.4, 0.5) is 5.69 Å². The molecule has 1 amide bonds. The summed E-state index contributed by atoms with van der Waals surface area (Å²) in [6.45, 7) is 0. The van der Waals surface area contributed by atoms with Crippen LogP contribution in [0.1, 0.15) is 11.1 Å². The van der Waals surface area contributed by atoms with Crippen molar-refractivity contribution in [2.24, 2.45) is 0 Å². The Balaban J connectivity index is 1.57. The average Bonchev–Trinajstić information content (AvgIpc) is 3.58. The van der Waals surface area contributed by atoms with Gasteiger partial charge in [0.05, 0.1) is 17.7 Å².